The summed E-state index contributed by atoms with van der Waals surface area (Å²) in [5, 5.41) is 0. The Morgan fingerprint density at radius 3 is 2.38 bits per heavy atom. The van der Waals surface area contributed by atoms with Gasteiger partial charge in [0.25, 0.3) is 0 Å². The standard InChI is InChI=1S/C16H17F3N2/c1-11-4-3-5-14(8-11)21(2)15-7-6-13(16(17,18)19)9-12(15)10-20/h3-9H,10,20H2,1-2H3. The molecule has 0 aliphatic carbocycles. The Bertz CT molecular complexity index is 636. The Kier molecular flexibility index (Phi) is 4.23. The van der Waals surface area contributed by atoms with Crippen LogP contribution in [-0.4, -0.2) is 7.05 Å². The van der Waals surface area contributed by atoms with E-state index in [4.69, 9.17) is 5.73 Å². The first-order valence-electron chi connectivity index (χ1n) is 6.53. The van der Waals surface area contributed by atoms with E-state index in [2.05, 4.69) is 0 Å². The van der Waals surface area contributed by atoms with Crippen molar-refractivity contribution in [3.8, 4) is 0 Å². The molecule has 0 atom stereocenters. The van der Waals surface area contributed by atoms with Crippen molar-refractivity contribution in [1.82, 2.24) is 0 Å². The Morgan fingerprint density at radius 2 is 1.81 bits per heavy atom. The molecule has 0 aromatic heterocycles. The maximum Gasteiger partial charge on any atom is 0.416 e. The smallest absolute Gasteiger partial charge is 0.344 e. The van der Waals surface area contributed by atoms with Crippen molar-refractivity contribution >= 4 is 11.4 Å². The van der Waals surface area contributed by atoms with E-state index in [0.29, 0.717) is 11.3 Å². The van der Waals surface area contributed by atoms with Crippen molar-refractivity contribution in [3.63, 3.8) is 0 Å². The summed E-state index contributed by atoms with van der Waals surface area (Å²) >= 11 is 0. The maximum atomic E-state index is 12.8. The molecule has 0 radical (unpaired) electrons. The summed E-state index contributed by atoms with van der Waals surface area (Å²) in [5.74, 6) is 0. The summed E-state index contributed by atoms with van der Waals surface area (Å²) in [6.45, 7) is 2.02. The van der Waals surface area contributed by atoms with Gasteiger partial charge in [0.05, 0.1) is 5.56 Å². The molecule has 0 heterocycles. The van der Waals surface area contributed by atoms with Gasteiger partial charge in [0, 0.05) is 25.0 Å². The maximum absolute atomic E-state index is 12.8. The highest BCUT2D eigenvalue weighted by atomic mass is 19.4. The minimum Gasteiger partial charge on any atom is -0.344 e. The number of nitrogens with two attached hydrogens (primary N) is 1. The number of anilines is 2. The highest BCUT2D eigenvalue weighted by Crippen LogP contribution is 2.34. The molecule has 0 fully saturated rings. The van der Waals surface area contributed by atoms with Gasteiger partial charge in [-0.3, -0.25) is 0 Å². The van der Waals surface area contributed by atoms with Gasteiger partial charge in [-0.15, -0.1) is 0 Å². The van der Waals surface area contributed by atoms with E-state index >= 15 is 0 Å². The van der Waals surface area contributed by atoms with Gasteiger partial charge in [-0.1, -0.05) is 12.1 Å². The Hall–Kier alpha value is -2.01. The van der Waals surface area contributed by atoms with E-state index in [-0.39, 0.29) is 6.54 Å². The lowest BCUT2D eigenvalue weighted by atomic mass is 10.1. The number of alkyl halides is 3. The van der Waals surface area contributed by atoms with Crippen LogP contribution >= 0.6 is 0 Å². The van der Waals surface area contributed by atoms with E-state index in [1.165, 1.54) is 6.07 Å². The minimum atomic E-state index is -4.36. The normalized spacial score (nSPS) is 11.5. The van der Waals surface area contributed by atoms with Gasteiger partial charge in [-0.25, -0.2) is 0 Å². The van der Waals surface area contributed by atoms with Crippen molar-refractivity contribution in [1.29, 1.82) is 0 Å². The predicted octanol–water partition coefficient (Wildman–Crippen LogP) is 4.24. The molecular weight excluding hydrogens is 277 g/mol. The molecule has 2 nitrogen and oxygen atoms in total. The molecule has 0 saturated heterocycles. The lowest BCUT2D eigenvalue weighted by Crippen LogP contribution is -2.15. The number of halogens is 3. The zero-order valence-corrected chi connectivity index (χ0v) is 11.9. The van der Waals surface area contributed by atoms with E-state index in [1.54, 1.807) is 0 Å². The summed E-state index contributed by atoms with van der Waals surface area (Å²) in [4.78, 5) is 1.84. The zero-order valence-electron chi connectivity index (χ0n) is 11.9. The first-order valence-corrected chi connectivity index (χ1v) is 6.53. The lowest BCUT2D eigenvalue weighted by Gasteiger charge is -2.23. The number of benzene rings is 2. The summed E-state index contributed by atoms with van der Waals surface area (Å²) < 4.78 is 38.3. The van der Waals surface area contributed by atoms with E-state index in [0.717, 1.165) is 23.4 Å². The second-order valence-electron chi connectivity index (χ2n) is 4.94. The number of nitrogens with zero attached hydrogens (tertiary/aromatic N) is 1. The van der Waals surface area contributed by atoms with Gasteiger partial charge >= 0.3 is 6.18 Å². The first-order chi connectivity index (χ1) is 9.82. The second-order valence-corrected chi connectivity index (χ2v) is 4.94. The molecule has 21 heavy (non-hydrogen) atoms. The highest BCUT2D eigenvalue weighted by Gasteiger charge is 2.31. The van der Waals surface area contributed by atoms with Crippen LogP contribution in [0.5, 0.6) is 0 Å². The molecule has 0 bridgehead atoms. The fraction of sp³-hybridized carbons (Fsp3) is 0.250. The number of hydrogen-bond donors (Lipinski definition) is 1. The molecule has 0 amide bonds. The zero-order chi connectivity index (χ0) is 15.6. The largest absolute Gasteiger partial charge is 0.416 e. The quantitative estimate of drug-likeness (QED) is 0.917. The molecule has 2 rings (SSSR count). The van der Waals surface area contributed by atoms with Gasteiger partial charge in [0.15, 0.2) is 0 Å². The van der Waals surface area contributed by atoms with Gasteiger partial charge in [-0.05, 0) is 48.4 Å². The number of rotatable bonds is 3. The van der Waals surface area contributed by atoms with E-state index in [1.807, 2.05) is 43.1 Å². The summed E-state index contributed by atoms with van der Waals surface area (Å²) in [5.41, 5.74) is 8.07. The van der Waals surface area contributed by atoms with Crippen LogP contribution in [0.25, 0.3) is 0 Å². The fourth-order valence-electron chi connectivity index (χ4n) is 2.23. The van der Waals surface area contributed by atoms with Crippen LogP contribution in [-0.2, 0) is 12.7 Å². The minimum absolute atomic E-state index is 0.0510. The monoisotopic (exact) mass is 294 g/mol. The highest BCUT2D eigenvalue weighted by molar-refractivity contribution is 5.66. The second kappa shape index (κ2) is 5.77. The lowest BCUT2D eigenvalue weighted by molar-refractivity contribution is -0.137. The van der Waals surface area contributed by atoms with Crippen LogP contribution in [0.1, 0.15) is 16.7 Å². The molecular formula is C16H17F3N2. The summed E-state index contributed by atoms with van der Waals surface area (Å²) in [6, 6.07) is 11.4. The third-order valence-electron chi connectivity index (χ3n) is 3.38. The summed E-state index contributed by atoms with van der Waals surface area (Å²) in [6.07, 6.45) is -4.36. The molecule has 0 aliphatic heterocycles. The van der Waals surface area contributed by atoms with Crippen molar-refractivity contribution in [2.75, 3.05) is 11.9 Å². The van der Waals surface area contributed by atoms with Crippen LogP contribution < -0.4 is 10.6 Å². The van der Waals surface area contributed by atoms with Crippen LogP contribution in [0.2, 0.25) is 0 Å². The number of aryl methyl sites for hydroxylation is 1. The Morgan fingerprint density at radius 1 is 1.10 bits per heavy atom. The molecule has 2 aromatic carbocycles. The van der Waals surface area contributed by atoms with Crippen LogP contribution in [0, 0.1) is 6.92 Å². The van der Waals surface area contributed by atoms with E-state index in [9.17, 15) is 13.2 Å². The third-order valence-corrected chi connectivity index (χ3v) is 3.38. The molecule has 2 aromatic rings. The van der Waals surface area contributed by atoms with Gasteiger partial charge < -0.3 is 10.6 Å². The molecule has 0 saturated carbocycles. The van der Waals surface area contributed by atoms with Crippen LogP contribution in [0.4, 0.5) is 24.5 Å². The van der Waals surface area contributed by atoms with Crippen LogP contribution in [0.15, 0.2) is 42.5 Å². The molecule has 0 unspecified atom stereocenters. The molecule has 5 heteroatoms. The predicted molar refractivity (Wildman–Crippen MR) is 78.6 cm³/mol. The average Bonchev–Trinajstić information content (AvgIpc) is 2.45. The third kappa shape index (κ3) is 3.36. The summed E-state index contributed by atoms with van der Waals surface area (Å²) in [7, 11) is 1.82. The Balaban J connectivity index is 2.44. The average molecular weight is 294 g/mol. The topological polar surface area (TPSA) is 29.3 Å². The van der Waals surface area contributed by atoms with Crippen molar-refractivity contribution in [2.24, 2.45) is 5.73 Å². The molecule has 2 N–H and O–H groups in total. The molecule has 112 valence electrons. The van der Waals surface area contributed by atoms with Gasteiger partial charge in [0.2, 0.25) is 0 Å². The van der Waals surface area contributed by atoms with Gasteiger partial charge in [0.1, 0.15) is 0 Å². The van der Waals surface area contributed by atoms with Crippen molar-refractivity contribution in [2.45, 2.75) is 19.6 Å². The molecule has 0 aliphatic rings. The SMILES string of the molecule is Cc1cccc(N(C)c2ccc(C(F)(F)F)cc2CN)c1. The van der Waals surface area contributed by atoms with E-state index < -0.39 is 11.7 Å². The fourth-order valence-corrected chi connectivity index (χ4v) is 2.23. The van der Waals surface area contributed by atoms with Gasteiger partial charge in [-0.2, -0.15) is 13.2 Å². The first kappa shape index (κ1) is 15.4. The molecule has 0 spiro atoms. The Labute approximate surface area is 122 Å². The van der Waals surface area contributed by atoms with Crippen molar-refractivity contribution in [3.05, 3.63) is 59.2 Å². The number of hydrogen-bond acceptors (Lipinski definition) is 2. The van der Waals surface area contributed by atoms with Crippen molar-refractivity contribution < 1.29 is 13.2 Å². The van der Waals surface area contributed by atoms with Crippen LogP contribution in [0.3, 0.4) is 0 Å².